The molecule has 136 valence electrons. The Bertz CT molecular complexity index is 827. The fourth-order valence-electron chi connectivity index (χ4n) is 3.33. The lowest BCUT2D eigenvalue weighted by atomic mass is 9.98. The Labute approximate surface area is 160 Å². The average Bonchev–Trinajstić information content (AvgIpc) is 3.41. The molecule has 0 aliphatic carbocycles. The Morgan fingerprint density at radius 3 is 3.00 bits per heavy atom. The van der Waals surface area contributed by atoms with E-state index in [9.17, 15) is 4.79 Å². The van der Waals surface area contributed by atoms with Crippen molar-refractivity contribution in [1.82, 2.24) is 15.4 Å². The highest BCUT2D eigenvalue weighted by molar-refractivity contribution is 7.13. The topological polar surface area (TPSA) is 58.4 Å². The monoisotopic (exact) mass is 387 g/mol. The maximum absolute atomic E-state index is 12.4. The summed E-state index contributed by atoms with van der Waals surface area (Å²) in [4.78, 5) is 17.2. The molecular weight excluding hydrogens is 366 g/mol. The van der Waals surface area contributed by atoms with Crippen LogP contribution in [0, 0.1) is 5.92 Å². The van der Waals surface area contributed by atoms with Crippen molar-refractivity contribution in [3.8, 4) is 10.6 Å². The molecule has 3 aromatic heterocycles. The molecule has 7 heteroatoms. The van der Waals surface area contributed by atoms with Crippen LogP contribution in [0.2, 0.25) is 0 Å². The minimum atomic E-state index is -0.160. The van der Waals surface area contributed by atoms with Gasteiger partial charge in [-0.3, -0.25) is 9.69 Å². The van der Waals surface area contributed by atoms with Crippen molar-refractivity contribution in [2.45, 2.75) is 19.4 Å². The number of likely N-dealkylation sites (tertiary alicyclic amines) is 1. The van der Waals surface area contributed by atoms with Gasteiger partial charge >= 0.3 is 0 Å². The number of carbonyl (C=O) groups is 1. The molecule has 4 rings (SSSR count). The maximum atomic E-state index is 12.4. The Hall–Kier alpha value is -1.96. The van der Waals surface area contributed by atoms with Crippen LogP contribution < -0.4 is 5.32 Å². The van der Waals surface area contributed by atoms with Crippen molar-refractivity contribution in [2.24, 2.45) is 5.92 Å². The zero-order valence-electron chi connectivity index (χ0n) is 14.4. The maximum Gasteiger partial charge on any atom is 0.273 e. The molecule has 0 aromatic carbocycles. The van der Waals surface area contributed by atoms with Crippen molar-refractivity contribution < 1.29 is 9.32 Å². The molecule has 3 aromatic rings. The number of nitrogens with one attached hydrogen (secondary N) is 1. The summed E-state index contributed by atoms with van der Waals surface area (Å²) in [6.07, 6.45) is 2.33. The van der Waals surface area contributed by atoms with Gasteiger partial charge in [0.15, 0.2) is 11.5 Å². The third-order valence-electron chi connectivity index (χ3n) is 4.62. The predicted molar refractivity (Wildman–Crippen MR) is 104 cm³/mol. The molecule has 26 heavy (non-hydrogen) atoms. The summed E-state index contributed by atoms with van der Waals surface area (Å²) in [6.45, 7) is 3.85. The summed E-state index contributed by atoms with van der Waals surface area (Å²) in [6, 6.07) is 9.91. The summed E-state index contributed by atoms with van der Waals surface area (Å²) >= 11 is 3.37. The van der Waals surface area contributed by atoms with Crippen LogP contribution in [-0.2, 0) is 6.54 Å². The lowest BCUT2D eigenvalue weighted by Crippen LogP contribution is -2.40. The standard InChI is InChI=1S/C19H21N3O2S2/c23-19(16-10-17(24-21-16)18-6-3-9-26-18)20-11-14-4-1-7-22(12-14)13-15-5-2-8-25-15/h2-3,5-6,8-10,14H,1,4,7,11-13H2,(H,20,23). The van der Waals surface area contributed by atoms with Gasteiger partial charge in [0, 0.05) is 30.6 Å². The van der Waals surface area contributed by atoms with Crippen molar-refractivity contribution in [3.63, 3.8) is 0 Å². The lowest BCUT2D eigenvalue weighted by Gasteiger charge is -2.32. The molecule has 1 aliphatic heterocycles. The molecule has 1 atom stereocenters. The zero-order chi connectivity index (χ0) is 17.8. The number of carbonyl (C=O) groups excluding carboxylic acids is 1. The summed E-state index contributed by atoms with van der Waals surface area (Å²) in [5.74, 6) is 0.966. The van der Waals surface area contributed by atoms with Gasteiger partial charge in [0.1, 0.15) is 0 Å². The molecule has 5 nitrogen and oxygen atoms in total. The van der Waals surface area contributed by atoms with Crippen molar-refractivity contribution >= 4 is 28.6 Å². The van der Waals surface area contributed by atoms with E-state index >= 15 is 0 Å². The molecule has 4 heterocycles. The number of nitrogens with zero attached hydrogens (tertiary/aromatic N) is 2. The average molecular weight is 388 g/mol. The Morgan fingerprint density at radius 2 is 2.19 bits per heavy atom. The van der Waals surface area contributed by atoms with Gasteiger partial charge in [0.05, 0.1) is 4.88 Å². The van der Waals surface area contributed by atoms with Crippen molar-refractivity contribution in [1.29, 1.82) is 0 Å². The van der Waals surface area contributed by atoms with E-state index in [2.05, 4.69) is 32.9 Å². The first kappa shape index (κ1) is 17.5. The second-order valence-corrected chi connectivity index (χ2v) is 8.57. The van der Waals surface area contributed by atoms with E-state index in [-0.39, 0.29) is 5.91 Å². The van der Waals surface area contributed by atoms with E-state index in [4.69, 9.17) is 4.52 Å². The molecule has 1 unspecified atom stereocenters. The normalized spacial score (nSPS) is 18.1. The van der Waals surface area contributed by atoms with Gasteiger partial charge in [-0.2, -0.15) is 0 Å². The number of amides is 1. The van der Waals surface area contributed by atoms with Crippen LogP contribution in [-0.4, -0.2) is 35.6 Å². The van der Waals surface area contributed by atoms with Crippen molar-refractivity contribution in [3.05, 3.63) is 51.7 Å². The molecular formula is C19H21N3O2S2. The Kier molecular flexibility index (Phi) is 5.48. The lowest BCUT2D eigenvalue weighted by molar-refractivity contribution is 0.0922. The minimum absolute atomic E-state index is 0.160. The van der Waals surface area contributed by atoms with Crippen LogP contribution in [0.25, 0.3) is 10.6 Å². The van der Waals surface area contributed by atoms with Crippen LogP contribution >= 0.6 is 22.7 Å². The third-order valence-corrected chi connectivity index (χ3v) is 6.37. The van der Waals surface area contributed by atoms with Crippen LogP contribution in [0.1, 0.15) is 28.2 Å². The second kappa shape index (κ2) is 8.16. The van der Waals surface area contributed by atoms with Gasteiger partial charge in [-0.15, -0.1) is 22.7 Å². The molecule has 1 fully saturated rings. The van der Waals surface area contributed by atoms with E-state index in [1.165, 1.54) is 11.3 Å². The molecule has 0 bridgehead atoms. The third kappa shape index (κ3) is 4.23. The first-order chi connectivity index (χ1) is 12.8. The molecule has 1 aliphatic rings. The van der Waals surface area contributed by atoms with Gasteiger partial charge in [-0.1, -0.05) is 17.3 Å². The van der Waals surface area contributed by atoms with Crippen LogP contribution in [0.4, 0.5) is 0 Å². The minimum Gasteiger partial charge on any atom is -0.355 e. The van der Waals surface area contributed by atoms with Gasteiger partial charge in [-0.05, 0) is 48.2 Å². The number of hydrogen-bond acceptors (Lipinski definition) is 6. The molecule has 0 radical (unpaired) electrons. The Morgan fingerprint density at radius 1 is 1.31 bits per heavy atom. The number of hydrogen-bond donors (Lipinski definition) is 1. The van der Waals surface area contributed by atoms with E-state index in [1.54, 1.807) is 28.7 Å². The Balaban J connectivity index is 1.28. The first-order valence-corrected chi connectivity index (χ1v) is 10.6. The number of aromatic nitrogens is 1. The van der Waals surface area contributed by atoms with E-state index in [1.807, 2.05) is 17.5 Å². The van der Waals surface area contributed by atoms with E-state index in [0.717, 1.165) is 30.9 Å². The summed E-state index contributed by atoms with van der Waals surface area (Å²) in [7, 11) is 0. The van der Waals surface area contributed by atoms with Gasteiger partial charge in [0.25, 0.3) is 5.91 Å². The smallest absolute Gasteiger partial charge is 0.273 e. The molecule has 1 N–H and O–H groups in total. The fourth-order valence-corrected chi connectivity index (χ4v) is 4.75. The van der Waals surface area contributed by atoms with Gasteiger partial charge in [0.2, 0.25) is 0 Å². The summed E-state index contributed by atoms with van der Waals surface area (Å²) < 4.78 is 5.29. The highest BCUT2D eigenvalue weighted by Crippen LogP contribution is 2.25. The SMILES string of the molecule is O=C(NCC1CCCN(Cc2cccs2)C1)c1cc(-c2cccs2)on1. The highest BCUT2D eigenvalue weighted by Gasteiger charge is 2.22. The summed E-state index contributed by atoms with van der Waals surface area (Å²) in [5.41, 5.74) is 0.347. The second-order valence-electron chi connectivity index (χ2n) is 6.59. The van der Waals surface area contributed by atoms with Crippen molar-refractivity contribution in [2.75, 3.05) is 19.6 Å². The van der Waals surface area contributed by atoms with E-state index in [0.29, 0.717) is 23.9 Å². The van der Waals surface area contributed by atoms with Crippen LogP contribution in [0.3, 0.4) is 0 Å². The van der Waals surface area contributed by atoms with Crippen LogP contribution in [0.5, 0.6) is 0 Å². The predicted octanol–water partition coefficient (Wildman–Crippen LogP) is 4.11. The zero-order valence-corrected chi connectivity index (χ0v) is 16.0. The number of rotatable bonds is 6. The quantitative estimate of drug-likeness (QED) is 0.692. The first-order valence-electron chi connectivity index (χ1n) is 8.81. The largest absolute Gasteiger partial charge is 0.355 e. The molecule has 0 spiro atoms. The van der Waals surface area contributed by atoms with E-state index < -0.39 is 0 Å². The number of thiophene rings is 2. The highest BCUT2D eigenvalue weighted by atomic mass is 32.1. The van der Waals surface area contributed by atoms with Gasteiger partial charge in [-0.25, -0.2) is 0 Å². The molecule has 1 amide bonds. The van der Waals surface area contributed by atoms with Crippen LogP contribution in [0.15, 0.2) is 45.6 Å². The fraction of sp³-hybridized carbons (Fsp3) is 0.368. The summed E-state index contributed by atoms with van der Waals surface area (Å²) in [5, 5.41) is 11.0. The molecule has 1 saturated heterocycles. The van der Waals surface area contributed by atoms with Gasteiger partial charge < -0.3 is 9.84 Å². The number of piperidine rings is 1. The molecule has 0 saturated carbocycles.